The van der Waals surface area contributed by atoms with E-state index in [-0.39, 0.29) is 17.5 Å². The lowest BCUT2D eigenvalue weighted by Gasteiger charge is -2.11. The number of thioether (sulfide) groups is 1. The molecule has 4 rings (SSSR count). The van der Waals surface area contributed by atoms with Crippen molar-refractivity contribution in [3.05, 3.63) is 82.1 Å². The normalized spacial score (nSPS) is 11.0. The van der Waals surface area contributed by atoms with Crippen LogP contribution in [0.2, 0.25) is 0 Å². The summed E-state index contributed by atoms with van der Waals surface area (Å²) in [5, 5.41) is 4.57. The Labute approximate surface area is 198 Å². The molecule has 0 fully saturated rings. The number of rotatable bonds is 6. The molecular formula is C25H21BrFN3OS. The highest BCUT2D eigenvalue weighted by molar-refractivity contribution is 9.10. The molecule has 32 heavy (non-hydrogen) atoms. The third kappa shape index (κ3) is 5.16. The summed E-state index contributed by atoms with van der Waals surface area (Å²) in [4.78, 5) is 22.0. The van der Waals surface area contributed by atoms with Crippen molar-refractivity contribution in [2.45, 2.75) is 25.3 Å². The van der Waals surface area contributed by atoms with E-state index in [9.17, 15) is 9.18 Å². The number of aryl methyl sites for hydroxylation is 2. The Morgan fingerprint density at radius 3 is 2.56 bits per heavy atom. The number of hydrogen-bond donors (Lipinski definition) is 1. The lowest BCUT2D eigenvalue weighted by molar-refractivity contribution is -0.113. The van der Waals surface area contributed by atoms with Crippen LogP contribution in [0.1, 0.15) is 18.1 Å². The van der Waals surface area contributed by atoms with Gasteiger partial charge in [0.05, 0.1) is 17.0 Å². The number of anilines is 1. The molecule has 1 N–H and O–H groups in total. The molecule has 1 amide bonds. The molecule has 0 spiro atoms. The van der Waals surface area contributed by atoms with E-state index in [1.165, 1.54) is 29.5 Å². The van der Waals surface area contributed by atoms with Gasteiger partial charge in [-0.1, -0.05) is 30.8 Å². The van der Waals surface area contributed by atoms with Crippen molar-refractivity contribution in [2.24, 2.45) is 0 Å². The number of nitrogens with zero attached hydrogens (tertiary/aromatic N) is 2. The van der Waals surface area contributed by atoms with Gasteiger partial charge in [0.1, 0.15) is 10.8 Å². The Morgan fingerprint density at radius 1 is 1.06 bits per heavy atom. The first-order valence-corrected chi connectivity index (χ1v) is 12.0. The van der Waals surface area contributed by atoms with Crippen LogP contribution >= 0.6 is 27.7 Å². The van der Waals surface area contributed by atoms with Gasteiger partial charge < -0.3 is 5.32 Å². The van der Waals surface area contributed by atoms with Crippen molar-refractivity contribution >= 4 is 50.2 Å². The van der Waals surface area contributed by atoms with Crippen molar-refractivity contribution in [2.75, 3.05) is 11.1 Å². The number of nitrogens with one attached hydrogen (secondary N) is 1. The summed E-state index contributed by atoms with van der Waals surface area (Å²) in [7, 11) is 0. The zero-order valence-electron chi connectivity index (χ0n) is 17.7. The first-order valence-electron chi connectivity index (χ1n) is 10.2. The number of halogens is 2. The average Bonchev–Trinajstić information content (AvgIpc) is 2.79. The van der Waals surface area contributed by atoms with Gasteiger partial charge in [0.15, 0.2) is 5.82 Å². The third-order valence-corrected chi connectivity index (χ3v) is 6.62. The second-order valence-electron chi connectivity index (χ2n) is 7.38. The van der Waals surface area contributed by atoms with E-state index in [1.54, 1.807) is 12.1 Å². The summed E-state index contributed by atoms with van der Waals surface area (Å²) in [5.74, 6) is 0.272. The molecule has 1 aromatic heterocycles. The quantitative estimate of drug-likeness (QED) is 0.229. The Balaban J connectivity index is 1.63. The predicted molar refractivity (Wildman–Crippen MR) is 133 cm³/mol. The number of carbonyl (C=O) groups excluding carboxylic acids is 1. The van der Waals surface area contributed by atoms with E-state index in [0.29, 0.717) is 5.82 Å². The zero-order valence-corrected chi connectivity index (χ0v) is 20.1. The SMILES string of the molecule is CCc1ccc2nc(-c3ccc(F)cc3)nc(SCC(=O)Nc3ccc(C)cc3Br)c2c1. The maximum absolute atomic E-state index is 13.4. The second-order valence-corrected chi connectivity index (χ2v) is 9.20. The van der Waals surface area contributed by atoms with Gasteiger partial charge in [0.2, 0.25) is 5.91 Å². The number of amides is 1. The van der Waals surface area contributed by atoms with Crippen LogP contribution in [0.15, 0.2) is 70.2 Å². The number of fused-ring (bicyclic) bond motifs is 1. The smallest absolute Gasteiger partial charge is 0.234 e. The highest BCUT2D eigenvalue weighted by atomic mass is 79.9. The highest BCUT2D eigenvalue weighted by Gasteiger charge is 2.14. The van der Waals surface area contributed by atoms with Crippen molar-refractivity contribution in [1.29, 1.82) is 0 Å². The van der Waals surface area contributed by atoms with Gasteiger partial charge in [0, 0.05) is 15.4 Å². The number of hydrogen-bond acceptors (Lipinski definition) is 4. The molecule has 0 atom stereocenters. The summed E-state index contributed by atoms with van der Waals surface area (Å²) in [5.41, 5.74) is 4.53. The summed E-state index contributed by atoms with van der Waals surface area (Å²) in [6.45, 7) is 4.09. The fraction of sp³-hybridized carbons (Fsp3) is 0.160. The summed E-state index contributed by atoms with van der Waals surface area (Å²) >= 11 is 4.86. The number of carbonyl (C=O) groups is 1. The van der Waals surface area contributed by atoms with Gasteiger partial charge >= 0.3 is 0 Å². The molecular weight excluding hydrogens is 489 g/mol. The lowest BCUT2D eigenvalue weighted by atomic mass is 10.1. The van der Waals surface area contributed by atoms with Crippen LogP contribution < -0.4 is 5.32 Å². The standard InChI is InChI=1S/C25H21BrFN3OS/c1-3-16-5-11-21-19(13-16)25(30-24(29-21)17-6-8-18(27)9-7-17)32-14-23(31)28-22-10-4-15(2)12-20(22)26/h4-13H,3,14H2,1-2H3,(H,28,31). The molecule has 1 heterocycles. The fourth-order valence-corrected chi connectivity index (χ4v) is 4.65. The number of benzene rings is 3. The fourth-order valence-electron chi connectivity index (χ4n) is 3.25. The van der Waals surface area contributed by atoms with Gasteiger partial charge in [-0.3, -0.25) is 4.79 Å². The van der Waals surface area contributed by atoms with Crippen LogP contribution in [0.5, 0.6) is 0 Å². The Hall–Kier alpha value is -2.77. The van der Waals surface area contributed by atoms with E-state index in [0.717, 1.165) is 43.6 Å². The third-order valence-electron chi connectivity index (χ3n) is 4.97. The van der Waals surface area contributed by atoms with E-state index < -0.39 is 0 Å². The average molecular weight is 510 g/mol. The molecule has 4 nitrogen and oxygen atoms in total. The van der Waals surface area contributed by atoms with Crippen LogP contribution in [-0.4, -0.2) is 21.6 Å². The molecule has 3 aromatic carbocycles. The first-order chi connectivity index (χ1) is 15.4. The van der Waals surface area contributed by atoms with Crippen LogP contribution in [0, 0.1) is 12.7 Å². The van der Waals surface area contributed by atoms with E-state index in [1.807, 2.05) is 37.3 Å². The molecule has 7 heteroatoms. The van der Waals surface area contributed by atoms with Gasteiger partial charge in [-0.2, -0.15) is 0 Å². The highest BCUT2D eigenvalue weighted by Crippen LogP contribution is 2.30. The van der Waals surface area contributed by atoms with Crippen molar-refractivity contribution in [1.82, 2.24) is 9.97 Å². The largest absolute Gasteiger partial charge is 0.324 e. The molecule has 0 radical (unpaired) electrons. The van der Waals surface area contributed by atoms with E-state index in [4.69, 9.17) is 4.98 Å². The van der Waals surface area contributed by atoms with Crippen LogP contribution in [0.4, 0.5) is 10.1 Å². The molecule has 162 valence electrons. The van der Waals surface area contributed by atoms with Crippen molar-refractivity contribution in [3.8, 4) is 11.4 Å². The zero-order chi connectivity index (χ0) is 22.7. The van der Waals surface area contributed by atoms with E-state index >= 15 is 0 Å². The first kappa shape index (κ1) is 22.4. The van der Waals surface area contributed by atoms with Gasteiger partial charge in [-0.25, -0.2) is 14.4 Å². The molecule has 0 aliphatic rings. The van der Waals surface area contributed by atoms with Crippen LogP contribution in [-0.2, 0) is 11.2 Å². The minimum atomic E-state index is -0.310. The van der Waals surface area contributed by atoms with Gasteiger partial charge in [-0.05, 0) is 88.9 Å². The molecule has 0 unspecified atom stereocenters. The summed E-state index contributed by atoms with van der Waals surface area (Å²) < 4.78 is 14.2. The molecule has 0 aliphatic heterocycles. The maximum Gasteiger partial charge on any atom is 0.234 e. The Bertz CT molecular complexity index is 1290. The second kappa shape index (κ2) is 9.79. The molecule has 0 saturated heterocycles. The minimum absolute atomic E-state index is 0.124. The minimum Gasteiger partial charge on any atom is -0.324 e. The Morgan fingerprint density at radius 2 is 1.84 bits per heavy atom. The van der Waals surface area contributed by atoms with Gasteiger partial charge in [-0.15, -0.1) is 0 Å². The van der Waals surface area contributed by atoms with Gasteiger partial charge in [0.25, 0.3) is 0 Å². The Kier molecular flexibility index (Phi) is 6.86. The van der Waals surface area contributed by atoms with Crippen molar-refractivity contribution in [3.63, 3.8) is 0 Å². The molecule has 0 aliphatic carbocycles. The summed E-state index contributed by atoms with van der Waals surface area (Å²) in [6.07, 6.45) is 0.891. The monoisotopic (exact) mass is 509 g/mol. The molecule has 0 saturated carbocycles. The summed E-state index contributed by atoms with van der Waals surface area (Å²) in [6, 6.07) is 18.0. The maximum atomic E-state index is 13.4. The topological polar surface area (TPSA) is 54.9 Å². The van der Waals surface area contributed by atoms with Crippen molar-refractivity contribution < 1.29 is 9.18 Å². The predicted octanol–water partition coefficient (Wildman–Crippen LogP) is 6.80. The number of aromatic nitrogens is 2. The molecule has 0 bridgehead atoms. The van der Waals surface area contributed by atoms with E-state index in [2.05, 4.69) is 39.2 Å². The lowest BCUT2D eigenvalue weighted by Crippen LogP contribution is -2.14. The molecule has 4 aromatic rings. The van der Waals surface area contributed by atoms with Crippen LogP contribution in [0.3, 0.4) is 0 Å². The van der Waals surface area contributed by atoms with Crippen LogP contribution in [0.25, 0.3) is 22.3 Å².